The normalized spacial score (nSPS) is 33.2. The Kier molecular flexibility index (Phi) is 5.59. The van der Waals surface area contributed by atoms with E-state index in [9.17, 15) is 18.3 Å². The third kappa shape index (κ3) is 7.03. The van der Waals surface area contributed by atoms with Gasteiger partial charge in [0.05, 0.1) is 38.9 Å². The summed E-state index contributed by atoms with van der Waals surface area (Å²) < 4.78 is 132. The number of carbonyl (C=O) groups is 1. The largest absolute Gasteiger partial charge is 0.443 e. The van der Waals surface area contributed by atoms with Crippen molar-refractivity contribution in [3.8, 4) is 0 Å². The number of hydrogen-bond acceptors (Lipinski definition) is 8. The van der Waals surface area contributed by atoms with Crippen molar-refractivity contribution >= 4 is 21.8 Å². The van der Waals surface area contributed by atoms with Crippen molar-refractivity contribution in [2.45, 2.75) is 55.9 Å². The molecule has 0 bridgehead atoms. The van der Waals surface area contributed by atoms with Crippen molar-refractivity contribution in [2.24, 2.45) is 11.8 Å². The molecular weight excluding hydrogens is 510 g/mol. The van der Waals surface area contributed by atoms with E-state index < -0.39 is 104 Å². The van der Waals surface area contributed by atoms with Crippen LogP contribution in [-0.4, -0.2) is 74.7 Å². The van der Waals surface area contributed by atoms with E-state index in [1.807, 2.05) is 0 Å². The predicted molar refractivity (Wildman–Crippen MR) is 142 cm³/mol. The van der Waals surface area contributed by atoms with Gasteiger partial charge < -0.3 is 30.4 Å². The lowest BCUT2D eigenvalue weighted by Gasteiger charge is -2.31. The van der Waals surface area contributed by atoms with Gasteiger partial charge in [-0.3, -0.25) is 0 Å². The number of ether oxygens (including phenoxy) is 3. The molecule has 0 unspecified atom stereocenters. The Bertz CT molecular complexity index is 1590. The van der Waals surface area contributed by atoms with Gasteiger partial charge in [0.2, 0.25) is 10.0 Å². The molecule has 0 spiro atoms. The number of amides is 1. The molecule has 0 aromatic heterocycles. The minimum absolute atomic E-state index is 0.177. The number of nitrogen functional groups attached to an aromatic ring is 1. The highest BCUT2D eigenvalue weighted by Gasteiger charge is 2.44. The summed E-state index contributed by atoms with van der Waals surface area (Å²) in [6.07, 6.45) is -10.6. The van der Waals surface area contributed by atoms with Crippen LogP contribution in [0.4, 0.5) is 10.5 Å². The maximum absolute atomic E-state index is 13.9. The quantitative estimate of drug-likeness (QED) is 0.357. The van der Waals surface area contributed by atoms with Crippen molar-refractivity contribution in [2.75, 3.05) is 32.0 Å². The van der Waals surface area contributed by atoms with Crippen LogP contribution in [0.3, 0.4) is 0 Å². The zero-order valence-corrected chi connectivity index (χ0v) is 21.1. The zero-order valence-electron chi connectivity index (χ0n) is 31.3. The number of nitrogens with two attached hydrogens (primary N) is 1. The third-order valence-electron chi connectivity index (χ3n) is 5.95. The predicted octanol–water partition coefficient (Wildman–Crippen LogP) is 2.38. The van der Waals surface area contributed by atoms with Crippen LogP contribution in [0.5, 0.6) is 0 Å². The molecule has 38 heavy (non-hydrogen) atoms. The number of alkyl carbamates (subject to hydrolysis) is 1. The highest BCUT2D eigenvalue weighted by molar-refractivity contribution is 7.89. The number of rotatable bonds is 11. The lowest BCUT2D eigenvalue weighted by molar-refractivity contribution is -0.0907. The number of sulfonamides is 1. The van der Waals surface area contributed by atoms with E-state index in [0.29, 0.717) is 9.87 Å². The minimum atomic E-state index is -4.83. The Morgan fingerprint density at radius 3 is 2.71 bits per heavy atom. The number of nitrogens with zero attached hydrogens (tertiary/aromatic N) is 1. The minimum Gasteiger partial charge on any atom is -0.443 e. The lowest BCUT2D eigenvalue weighted by Crippen LogP contribution is -2.51. The molecule has 2 fully saturated rings. The zero-order chi connectivity index (χ0) is 36.8. The number of carbonyl (C=O) groups excluding carboxylic acids is 1. The SMILES string of the molecule is [2H]C1([2H])CO[C@]2([2H])OC[C@]([2H])(OC(=O)N[C@@H](Cc3ccccc3)[C@H](O)CN(CC([2H])(C([2H])([2H])[2H])C([2H])([2H])[2H])S(=O)(=O)c3ccc(N)cc3)[C@H]12. The van der Waals surface area contributed by atoms with E-state index in [1.165, 1.54) is 12.1 Å². The number of fused-ring (bicyclic) bond motifs is 1. The molecule has 0 radical (unpaired) electrons. The summed E-state index contributed by atoms with van der Waals surface area (Å²) >= 11 is 0. The molecule has 11 heteroatoms. The molecule has 0 saturated carbocycles. The van der Waals surface area contributed by atoms with Gasteiger partial charge in [-0.15, -0.1) is 0 Å². The third-order valence-corrected chi connectivity index (χ3v) is 7.78. The van der Waals surface area contributed by atoms with Gasteiger partial charge in [-0.05, 0) is 48.5 Å². The Morgan fingerprint density at radius 2 is 2.00 bits per heavy atom. The van der Waals surface area contributed by atoms with Crippen LogP contribution in [0, 0.1) is 11.8 Å². The molecule has 10 nitrogen and oxygen atoms in total. The molecule has 4 N–H and O–H groups in total. The summed E-state index contributed by atoms with van der Waals surface area (Å²) in [4.78, 5) is 12.8. The molecule has 2 heterocycles. The first-order valence-electron chi connectivity index (χ1n) is 17.2. The number of benzene rings is 2. The van der Waals surface area contributed by atoms with E-state index in [2.05, 4.69) is 5.32 Å². The molecule has 208 valence electrons. The number of aliphatic hydroxyl groups is 1. The molecule has 1 amide bonds. The first-order valence-corrected chi connectivity index (χ1v) is 13.1. The topological polar surface area (TPSA) is 140 Å². The average Bonchev–Trinajstić information content (AvgIpc) is 3.40. The van der Waals surface area contributed by atoms with Crippen LogP contribution < -0.4 is 11.1 Å². The van der Waals surface area contributed by atoms with Gasteiger partial charge in [-0.1, -0.05) is 44.0 Å². The number of hydrogen-bond donors (Lipinski definition) is 3. The van der Waals surface area contributed by atoms with Crippen molar-refractivity contribution in [1.29, 1.82) is 0 Å². The number of anilines is 1. The van der Waals surface area contributed by atoms with Crippen LogP contribution in [0.15, 0.2) is 59.5 Å². The summed E-state index contributed by atoms with van der Waals surface area (Å²) in [5.41, 5.74) is 6.37. The maximum atomic E-state index is 13.9. The Morgan fingerprint density at radius 1 is 1.26 bits per heavy atom. The Hall–Kier alpha value is -2.70. The van der Waals surface area contributed by atoms with Gasteiger partial charge in [0, 0.05) is 31.1 Å². The molecule has 2 saturated heterocycles. The van der Waals surface area contributed by atoms with Crippen LogP contribution in [0.2, 0.25) is 0 Å². The Balaban J connectivity index is 1.68. The summed E-state index contributed by atoms with van der Waals surface area (Å²) in [6.45, 7) is -10.9. The van der Waals surface area contributed by atoms with Gasteiger partial charge in [0.25, 0.3) is 0 Å². The van der Waals surface area contributed by atoms with Gasteiger partial charge >= 0.3 is 6.09 Å². The van der Waals surface area contributed by atoms with E-state index in [-0.39, 0.29) is 12.1 Å². The van der Waals surface area contributed by atoms with Gasteiger partial charge in [-0.2, -0.15) is 4.31 Å². The fourth-order valence-electron chi connectivity index (χ4n) is 4.05. The molecule has 0 aliphatic carbocycles. The second-order valence-corrected chi connectivity index (χ2v) is 10.7. The molecule has 2 aliphatic heterocycles. The number of aliphatic hydroxyl groups excluding tert-OH is 1. The second kappa shape index (κ2) is 12.4. The smallest absolute Gasteiger partial charge is 0.407 e. The van der Waals surface area contributed by atoms with Crippen LogP contribution in [0.25, 0.3) is 0 Å². The van der Waals surface area contributed by atoms with Crippen molar-refractivity contribution in [3.05, 3.63) is 60.2 Å². The van der Waals surface area contributed by atoms with Crippen molar-refractivity contribution < 1.29 is 47.6 Å². The number of nitrogens with one attached hydrogen (secondary N) is 1. The van der Waals surface area contributed by atoms with Crippen LogP contribution >= 0.6 is 0 Å². The van der Waals surface area contributed by atoms with Gasteiger partial charge in [0.1, 0.15) is 6.08 Å². The van der Waals surface area contributed by atoms with Crippen molar-refractivity contribution in [1.82, 2.24) is 9.62 Å². The first kappa shape index (κ1) is 17.1. The fourth-order valence-corrected chi connectivity index (χ4v) is 5.47. The first-order chi connectivity index (χ1) is 22.3. The van der Waals surface area contributed by atoms with Crippen molar-refractivity contribution in [3.63, 3.8) is 0 Å². The van der Waals surface area contributed by atoms with E-state index in [0.717, 1.165) is 12.1 Å². The summed E-state index contributed by atoms with van der Waals surface area (Å²) in [5, 5.41) is 13.9. The van der Waals surface area contributed by atoms with E-state index in [1.54, 1.807) is 30.3 Å². The van der Waals surface area contributed by atoms with Gasteiger partial charge in [-0.25, -0.2) is 13.2 Å². The fraction of sp³-hybridized carbons (Fsp3) is 0.519. The average molecular weight is 559 g/mol. The highest BCUT2D eigenvalue weighted by Crippen LogP contribution is 2.33. The highest BCUT2D eigenvalue weighted by atomic mass is 32.2. The summed E-state index contributed by atoms with van der Waals surface area (Å²) in [7, 11) is -4.83. The van der Waals surface area contributed by atoms with Gasteiger partial charge in [0.15, 0.2) is 6.27 Å². The molecular formula is C27H37N3O7S. The van der Waals surface area contributed by atoms with Crippen LogP contribution in [0.1, 0.15) is 40.7 Å². The van der Waals surface area contributed by atoms with E-state index in [4.69, 9.17) is 35.0 Å². The molecule has 2 aromatic rings. The van der Waals surface area contributed by atoms with Crippen LogP contribution in [-0.2, 0) is 30.7 Å². The molecule has 2 aliphatic rings. The lowest BCUT2D eigenvalue weighted by atomic mass is 10.0. The Labute approximate surface area is 239 Å². The monoisotopic (exact) mass is 558 g/mol. The summed E-state index contributed by atoms with van der Waals surface area (Å²) in [6, 6.07) is 11.3. The standard InChI is InChI=1S/C27H37N3O7S/c1-18(2)15-30(38(33,34)21-10-8-20(28)9-11-21)16-24(31)23(14-19-6-4-3-5-7-19)29-27(32)37-25-17-36-26-22(25)12-13-35-26/h3-11,18,22-26,31H,12-17,28H2,1-2H3,(H,29,32)/t22-,23-,24+,25-,26+/m0/s1/i1D3,2D3,12D2,18D,25D,26D. The summed E-state index contributed by atoms with van der Waals surface area (Å²) in [5.74, 6) is -5.06. The second-order valence-electron chi connectivity index (χ2n) is 8.74. The molecule has 5 atom stereocenters. The molecule has 2 aromatic carbocycles. The van der Waals surface area contributed by atoms with E-state index >= 15 is 0 Å². The maximum Gasteiger partial charge on any atom is 0.407 e. The molecule has 4 rings (SSSR count).